The lowest BCUT2D eigenvalue weighted by Gasteiger charge is -2.16. The van der Waals surface area contributed by atoms with Gasteiger partial charge in [0.25, 0.3) is 0 Å². The number of aromatic hydroxyl groups is 1. The molecule has 0 aliphatic carbocycles. The van der Waals surface area contributed by atoms with Gasteiger partial charge >= 0.3 is 0 Å². The molecule has 0 bridgehead atoms. The number of sulfonamides is 1. The van der Waals surface area contributed by atoms with Gasteiger partial charge in [0.05, 0.1) is 11.6 Å². The van der Waals surface area contributed by atoms with Crippen LogP contribution in [0, 0.1) is 0 Å². The molecule has 4 N–H and O–H groups in total. The van der Waals surface area contributed by atoms with Gasteiger partial charge in [-0.1, -0.05) is 24.3 Å². The molecular formula is C24H27N3O5S. The fourth-order valence-corrected chi connectivity index (χ4v) is 4.67. The predicted molar refractivity (Wildman–Crippen MR) is 128 cm³/mol. The zero-order valence-corrected chi connectivity index (χ0v) is 19.3. The van der Waals surface area contributed by atoms with Crippen LogP contribution in [0.25, 0.3) is 21.8 Å². The molecular weight excluding hydrogens is 442 g/mol. The lowest BCUT2D eigenvalue weighted by atomic mass is 10.1. The van der Waals surface area contributed by atoms with Crippen molar-refractivity contribution in [2.24, 2.45) is 0 Å². The summed E-state index contributed by atoms with van der Waals surface area (Å²) in [5, 5.41) is 25.8. The molecule has 1 unspecified atom stereocenters. The van der Waals surface area contributed by atoms with Gasteiger partial charge in [-0.15, -0.1) is 0 Å². The molecule has 0 amide bonds. The topological polar surface area (TPSA) is 115 Å². The van der Waals surface area contributed by atoms with Gasteiger partial charge in [0.2, 0.25) is 10.0 Å². The molecule has 1 atom stereocenters. The van der Waals surface area contributed by atoms with Crippen LogP contribution in [0.4, 0.5) is 0 Å². The molecule has 0 aliphatic heterocycles. The molecule has 0 radical (unpaired) electrons. The first-order chi connectivity index (χ1) is 15.8. The normalized spacial score (nSPS) is 13.1. The smallest absolute Gasteiger partial charge is 0.246 e. The van der Waals surface area contributed by atoms with E-state index < -0.39 is 16.1 Å². The number of aromatic amines is 1. The first kappa shape index (κ1) is 23.1. The highest BCUT2D eigenvalue weighted by Gasteiger charge is 2.23. The van der Waals surface area contributed by atoms with Crippen LogP contribution >= 0.6 is 0 Å². The van der Waals surface area contributed by atoms with E-state index in [0.29, 0.717) is 18.7 Å². The summed E-state index contributed by atoms with van der Waals surface area (Å²) in [6.07, 6.45) is -0.940. The third kappa shape index (κ3) is 4.81. The fraction of sp³-hybridized carbons (Fsp3) is 0.250. The molecule has 4 rings (SSSR count). The van der Waals surface area contributed by atoms with Gasteiger partial charge in [-0.05, 0) is 35.9 Å². The van der Waals surface area contributed by atoms with Gasteiger partial charge in [-0.25, -0.2) is 12.7 Å². The van der Waals surface area contributed by atoms with Crippen molar-refractivity contribution in [3.63, 3.8) is 0 Å². The minimum Gasteiger partial charge on any atom is -0.507 e. The first-order valence-electron chi connectivity index (χ1n) is 10.5. The molecule has 3 aromatic carbocycles. The number of nitrogens with zero attached hydrogens (tertiary/aromatic N) is 1. The zero-order valence-electron chi connectivity index (χ0n) is 18.4. The lowest BCUT2D eigenvalue weighted by Crippen LogP contribution is -2.26. The van der Waals surface area contributed by atoms with Crippen LogP contribution in [-0.4, -0.2) is 61.7 Å². The Morgan fingerprint density at radius 3 is 2.58 bits per heavy atom. The number of rotatable bonds is 9. The number of aliphatic hydroxyl groups excluding tert-OH is 1. The van der Waals surface area contributed by atoms with Crippen LogP contribution in [0.5, 0.6) is 11.5 Å². The lowest BCUT2D eigenvalue weighted by molar-refractivity contribution is 0.171. The number of aromatic nitrogens is 1. The Morgan fingerprint density at radius 1 is 1.03 bits per heavy atom. The average molecular weight is 470 g/mol. The van der Waals surface area contributed by atoms with Crippen LogP contribution in [0.2, 0.25) is 0 Å². The predicted octanol–water partition coefficient (Wildman–Crippen LogP) is 2.98. The highest BCUT2D eigenvalue weighted by Crippen LogP contribution is 2.29. The summed E-state index contributed by atoms with van der Waals surface area (Å²) in [5.41, 5.74) is 2.48. The van der Waals surface area contributed by atoms with Crippen LogP contribution < -0.4 is 10.1 Å². The Kier molecular flexibility index (Phi) is 6.57. The molecule has 4 aromatic rings. The van der Waals surface area contributed by atoms with E-state index in [1.807, 2.05) is 36.4 Å². The fourth-order valence-electron chi connectivity index (χ4n) is 3.66. The van der Waals surface area contributed by atoms with E-state index in [0.717, 1.165) is 26.5 Å². The molecule has 9 heteroatoms. The number of phenols is 1. The number of para-hydroxylation sites is 1. The number of phenolic OH excluding ortho intramolecular Hbond substituents is 1. The van der Waals surface area contributed by atoms with Crippen LogP contribution in [0.15, 0.2) is 65.6 Å². The number of nitrogens with one attached hydrogen (secondary N) is 2. The summed E-state index contributed by atoms with van der Waals surface area (Å²) in [6, 6.07) is 18.1. The van der Waals surface area contributed by atoms with Crippen molar-refractivity contribution in [2.75, 3.05) is 33.8 Å². The molecule has 8 nitrogen and oxygen atoms in total. The molecule has 1 heterocycles. The van der Waals surface area contributed by atoms with E-state index in [1.54, 1.807) is 0 Å². The third-order valence-corrected chi connectivity index (χ3v) is 7.33. The first-order valence-corrected chi connectivity index (χ1v) is 12.0. The highest BCUT2D eigenvalue weighted by atomic mass is 32.2. The number of ether oxygens (including phenoxy) is 1. The molecule has 0 aliphatic rings. The quantitative estimate of drug-likeness (QED) is 0.280. The third-order valence-electron chi connectivity index (χ3n) is 5.49. The second-order valence-corrected chi connectivity index (χ2v) is 10.1. The summed E-state index contributed by atoms with van der Waals surface area (Å²) in [4.78, 5) is 3.15. The average Bonchev–Trinajstić information content (AvgIpc) is 3.16. The molecule has 0 fully saturated rings. The zero-order chi connectivity index (χ0) is 23.6. The number of benzene rings is 3. The van der Waals surface area contributed by atoms with Crippen molar-refractivity contribution in [1.82, 2.24) is 14.6 Å². The number of hydrogen-bond acceptors (Lipinski definition) is 6. The summed E-state index contributed by atoms with van der Waals surface area (Å²) < 4.78 is 31.5. The number of hydrogen-bond donors (Lipinski definition) is 4. The van der Waals surface area contributed by atoms with Crippen LogP contribution in [0.3, 0.4) is 0 Å². The number of fused-ring (bicyclic) bond motifs is 3. The minimum absolute atomic E-state index is 0.205. The summed E-state index contributed by atoms with van der Waals surface area (Å²) in [7, 11) is -1.05. The van der Waals surface area contributed by atoms with Gasteiger partial charge in [0.15, 0.2) is 0 Å². The number of aliphatic hydroxyl groups is 1. The Balaban J connectivity index is 1.32. The molecule has 33 heavy (non-hydrogen) atoms. The van der Waals surface area contributed by atoms with Crippen molar-refractivity contribution in [2.45, 2.75) is 11.0 Å². The molecule has 174 valence electrons. The molecule has 0 saturated carbocycles. The molecule has 0 saturated heterocycles. The SMILES string of the molecule is CN(C)S(=O)(=O)c1cc(C(O)CNCCOc2ccc3c(c2)[nH]c2ccccc23)ccc1O. The van der Waals surface area contributed by atoms with Crippen LogP contribution in [0.1, 0.15) is 11.7 Å². The second kappa shape index (κ2) is 9.40. The van der Waals surface area contributed by atoms with Crippen molar-refractivity contribution < 1.29 is 23.4 Å². The highest BCUT2D eigenvalue weighted by molar-refractivity contribution is 7.89. The van der Waals surface area contributed by atoms with Crippen molar-refractivity contribution in [3.8, 4) is 11.5 Å². The molecule has 1 aromatic heterocycles. The van der Waals surface area contributed by atoms with Gasteiger partial charge in [0.1, 0.15) is 23.0 Å². The van der Waals surface area contributed by atoms with E-state index in [1.165, 1.54) is 37.7 Å². The minimum atomic E-state index is -3.82. The maximum Gasteiger partial charge on any atom is 0.246 e. The maximum atomic E-state index is 12.3. The maximum absolute atomic E-state index is 12.3. The number of H-pyrrole nitrogens is 1. The van der Waals surface area contributed by atoms with Gasteiger partial charge in [-0.2, -0.15) is 0 Å². The summed E-state index contributed by atoms with van der Waals surface area (Å²) in [5.74, 6) is 0.390. The van der Waals surface area contributed by atoms with Crippen molar-refractivity contribution >= 4 is 31.8 Å². The van der Waals surface area contributed by atoms with Gasteiger partial charge < -0.3 is 25.3 Å². The van der Waals surface area contributed by atoms with E-state index in [2.05, 4.69) is 16.4 Å². The second-order valence-electron chi connectivity index (χ2n) is 7.96. The Bertz CT molecular complexity index is 1380. The van der Waals surface area contributed by atoms with E-state index in [9.17, 15) is 18.6 Å². The Morgan fingerprint density at radius 2 is 1.79 bits per heavy atom. The van der Waals surface area contributed by atoms with Gasteiger partial charge in [-0.3, -0.25) is 0 Å². The van der Waals surface area contributed by atoms with E-state index >= 15 is 0 Å². The summed E-state index contributed by atoms with van der Waals surface area (Å²) in [6.45, 7) is 1.09. The van der Waals surface area contributed by atoms with Gasteiger partial charge in [0, 0.05) is 49.5 Å². The molecule has 0 spiro atoms. The summed E-state index contributed by atoms with van der Waals surface area (Å²) >= 11 is 0. The van der Waals surface area contributed by atoms with Crippen LogP contribution in [-0.2, 0) is 10.0 Å². The Hall–Kier alpha value is -3.11. The van der Waals surface area contributed by atoms with E-state index in [-0.39, 0.29) is 17.2 Å². The monoisotopic (exact) mass is 469 g/mol. The van der Waals surface area contributed by atoms with E-state index in [4.69, 9.17) is 4.74 Å². The van der Waals surface area contributed by atoms with Crippen molar-refractivity contribution in [1.29, 1.82) is 0 Å². The Labute approximate surface area is 192 Å². The standard InChI is InChI=1S/C24H27N3O5S/c1-27(2)33(30,31)24-13-16(7-10-22(24)28)23(29)15-25-11-12-32-17-8-9-19-18-5-3-4-6-20(18)26-21(19)14-17/h3-10,13-14,23,25-26,28-29H,11-12,15H2,1-2H3. The largest absolute Gasteiger partial charge is 0.507 e. The van der Waals surface area contributed by atoms with Crippen molar-refractivity contribution in [3.05, 3.63) is 66.2 Å².